The number of thiophene rings is 1. The van der Waals surface area contributed by atoms with Crippen molar-refractivity contribution in [2.24, 2.45) is 0 Å². The van der Waals surface area contributed by atoms with Gasteiger partial charge in [-0.15, -0.1) is 11.3 Å². The summed E-state index contributed by atoms with van der Waals surface area (Å²) in [4.78, 5) is 35.0. The van der Waals surface area contributed by atoms with E-state index in [4.69, 9.17) is 4.74 Å². The van der Waals surface area contributed by atoms with Gasteiger partial charge < -0.3 is 14.5 Å². The summed E-state index contributed by atoms with van der Waals surface area (Å²) in [7, 11) is 4.89. The van der Waals surface area contributed by atoms with Gasteiger partial charge in [0.1, 0.15) is 4.83 Å². The van der Waals surface area contributed by atoms with Crippen molar-refractivity contribution in [2.45, 2.75) is 18.8 Å². The topological polar surface area (TPSA) is 62.7 Å². The van der Waals surface area contributed by atoms with E-state index < -0.39 is 5.82 Å². The van der Waals surface area contributed by atoms with Gasteiger partial charge >= 0.3 is 0 Å². The van der Waals surface area contributed by atoms with Gasteiger partial charge in [-0.05, 0) is 35.7 Å². The molecule has 6 nitrogen and oxygen atoms in total. The van der Waals surface area contributed by atoms with Crippen LogP contribution in [-0.4, -0.2) is 60.9 Å². The van der Waals surface area contributed by atoms with Gasteiger partial charge in [-0.25, -0.2) is 9.37 Å². The van der Waals surface area contributed by atoms with Gasteiger partial charge in [0, 0.05) is 44.7 Å². The Morgan fingerprint density at radius 2 is 2.13 bits per heavy atom. The van der Waals surface area contributed by atoms with E-state index in [-0.39, 0.29) is 29.9 Å². The molecule has 1 atom stereocenters. The number of benzene rings is 1. The van der Waals surface area contributed by atoms with Crippen LogP contribution in [0.3, 0.4) is 0 Å². The van der Waals surface area contributed by atoms with Crippen molar-refractivity contribution < 1.29 is 18.7 Å². The fourth-order valence-corrected chi connectivity index (χ4v) is 5.30. The average molecular weight is 442 g/mol. The van der Waals surface area contributed by atoms with Crippen molar-refractivity contribution in [1.29, 1.82) is 0 Å². The molecule has 0 aliphatic carbocycles. The van der Waals surface area contributed by atoms with Crippen molar-refractivity contribution >= 4 is 33.4 Å². The molecule has 0 spiro atoms. The second kappa shape index (κ2) is 8.63. The highest BCUT2D eigenvalue weighted by Gasteiger charge is 2.33. The predicted molar refractivity (Wildman–Crippen MR) is 118 cm³/mol. The van der Waals surface area contributed by atoms with Crippen molar-refractivity contribution in [3.8, 4) is 5.75 Å². The van der Waals surface area contributed by atoms with Crippen molar-refractivity contribution in [3.05, 3.63) is 58.3 Å². The van der Waals surface area contributed by atoms with E-state index in [1.807, 2.05) is 12.1 Å². The Hall–Kier alpha value is -3.00. The number of methoxy groups -OCH3 is 1. The van der Waals surface area contributed by atoms with Gasteiger partial charge in [0.2, 0.25) is 5.91 Å². The van der Waals surface area contributed by atoms with Crippen LogP contribution in [0.25, 0.3) is 10.2 Å². The van der Waals surface area contributed by atoms with E-state index in [2.05, 4.69) is 4.98 Å². The third-order valence-corrected chi connectivity index (χ3v) is 6.74. The molecule has 162 valence electrons. The van der Waals surface area contributed by atoms with Crippen LogP contribution in [0, 0.1) is 5.82 Å². The van der Waals surface area contributed by atoms with Crippen LogP contribution in [0.15, 0.2) is 36.5 Å². The number of aromatic nitrogens is 1. The Labute approximate surface area is 184 Å². The van der Waals surface area contributed by atoms with Gasteiger partial charge in [0.15, 0.2) is 11.6 Å². The first-order valence-corrected chi connectivity index (χ1v) is 10.9. The lowest BCUT2D eigenvalue weighted by Crippen LogP contribution is -2.30. The molecular formula is C23H24FN3O3S. The summed E-state index contributed by atoms with van der Waals surface area (Å²) in [6.07, 6.45) is 2.63. The summed E-state index contributed by atoms with van der Waals surface area (Å²) in [6, 6.07) is 8.45. The first-order chi connectivity index (χ1) is 14.9. The highest BCUT2D eigenvalue weighted by atomic mass is 32.1. The Balaban J connectivity index is 1.55. The van der Waals surface area contributed by atoms with E-state index in [1.165, 1.54) is 30.6 Å². The lowest BCUT2D eigenvalue weighted by molar-refractivity contribution is -0.129. The number of halogens is 1. The molecule has 0 bridgehead atoms. The van der Waals surface area contributed by atoms with Gasteiger partial charge in [-0.3, -0.25) is 9.59 Å². The monoisotopic (exact) mass is 441 g/mol. The quantitative estimate of drug-likeness (QED) is 0.606. The first-order valence-electron chi connectivity index (χ1n) is 10.1. The number of amides is 2. The molecule has 0 N–H and O–H groups in total. The number of hydrogen-bond donors (Lipinski definition) is 0. The maximum Gasteiger partial charge on any atom is 0.263 e. The largest absolute Gasteiger partial charge is 0.494 e. The predicted octanol–water partition coefficient (Wildman–Crippen LogP) is 3.70. The molecule has 31 heavy (non-hydrogen) atoms. The summed E-state index contributed by atoms with van der Waals surface area (Å²) in [5.41, 5.74) is 1.60. The number of ether oxygens (including phenoxy) is 1. The van der Waals surface area contributed by atoms with E-state index >= 15 is 0 Å². The number of fused-ring (bicyclic) bond motifs is 1. The third kappa shape index (κ3) is 4.12. The smallest absolute Gasteiger partial charge is 0.263 e. The summed E-state index contributed by atoms with van der Waals surface area (Å²) < 4.78 is 18.9. The zero-order valence-electron chi connectivity index (χ0n) is 17.7. The number of rotatable bonds is 5. The zero-order chi connectivity index (χ0) is 22.1. The molecule has 3 heterocycles. The Morgan fingerprint density at radius 1 is 1.32 bits per heavy atom. The van der Waals surface area contributed by atoms with Crippen LogP contribution < -0.4 is 4.74 Å². The summed E-state index contributed by atoms with van der Waals surface area (Å²) >= 11 is 1.41. The molecule has 1 aliphatic rings. The fourth-order valence-electron chi connectivity index (χ4n) is 4.05. The molecule has 4 rings (SSSR count). The van der Waals surface area contributed by atoms with Crippen molar-refractivity contribution in [2.75, 3.05) is 34.3 Å². The van der Waals surface area contributed by atoms with Crippen molar-refractivity contribution in [1.82, 2.24) is 14.8 Å². The molecule has 3 aromatic rings. The van der Waals surface area contributed by atoms with Crippen molar-refractivity contribution in [3.63, 3.8) is 0 Å². The van der Waals surface area contributed by atoms with E-state index in [0.717, 1.165) is 22.2 Å². The molecule has 0 saturated carbocycles. The third-order valence-electron chi connectivity index (χ3n) is 5.63. The minimum absolute atomic E-state index is 0.0449. The summed E-state index contributed by atoms with van der Waals surface area (Å²) in [5, 5.41) is 0.981. The standard InChI is InChI=1S/C23H24FN3O3S/c1-26(2)23(29)21-20(16-5-4-9-25-22(16)31-21)15-8-10-27(13-15)19(28)12-14-6-7-18(30-3)17(24)11-14/h4-7,9,11,15H,8,10,12-13H2,1-3H3. The van der Waals surface area contributed by atoms with E-state index in [0.29, 0.717) is 23.5 Å². The van der Waals surface area contributed by atoms with Gasteiger partial charge in [-0.2, -0.15) is 0 Å². The van der Waals surface area contributed by atoms with E-state index in [1.54, 1.807) is 36.2 Å². The number of nitrogens with zero attached hydrogens (tertiary/aromatic N) is 3. The lowest BCUT2D eigenvalue weighted by Gasteiger charge is -2.18. The summed E-state index contributed by atoms with van der Waals surface area (Å²) in [5.74, 6) is -0.347. The molecule has 2 aromatic heterocycles. The SMILES string of the molecule is COc1ccc(CC(=O)N2CCC(c3c(C(=O)N(C)C)sc4ncccc34)C2)cc1F. The first kappa shape index (κ1) is 21.2. The van der Waals surface area contributed by atoms with Gasteiger partial charge in [-0.1, -0.05) is 12.1 Å². The number of likely N-dealkylation sites (tertiary alicyclic amines) is 1. The fraction of sp³-hybridized carbons (Fsp3) is 0.348. The number of carbonyl (C=O) groups is 2. The lowest BCUT2D eigenvalue weighted by atomic mass is 9.95. The zero-order valence-corrected chi connectivity index (χ0v) is 18.5. The Morgan fingerprint density at radius 3 is 2.84 bits per heavy atom. The van der Waals surface area contributed by atoms with Gasteiger partial charge in [0.25, 0.3) is 5.91 Å². The van der Waals surface area contributed by atoms with E-state index in [9.17, 15) is 14.0 Å². The second-order valence-electron chi connectivity index (χ2n) is 7.87. The molecule has 1 aliphatic heterocycles. The maximum atomic E-state index is 14.0. The normalized spacial score (nSPS) is 16.0. The maximum absolute atomic E-state index is 14.0. The van der Waals surface area contributed by atoms with Crippen LogP contribution in [0.5, 0.6) is 5.75 Å². The summed E-state index contributed by atoms with van der Waals surface area (Å²) in [6.45, 7) is 1.14. The minimum atomic E-state index is -0.476. The molecule has 1 aromatic carbocycles. The van der Waals surface area contributed by atoms with Crippen LogP contribution >= 0.6 is 11.3 Å². The number of hydrogen-bond acceptors (Lipinski definition) is 5. The molecule has 2 amide bonds. The van der Waals surface area contributed by atoms with Crippen LogP contribution in [0.2, 0.25) is 0 Å². The average Bonchev–Trinajstić information content (AvgIpc) is 3.38. The number of pyridine rings is 1. The van der Waals surface area contributed by atoms with Crippen LogP contribution in [-0.2, 0) is 11.2 Å². The molecule has 0 radical (unpaired) electrons. The molecule has 1 saturated heterocycles. The Kier molecular flexibility index (Phi) is 5.91. The molecule has 1 unspecified atom stereocenters. The van der Waals surface area contributed by atoms with Crippen LogP contribution in [0.4, 0.5) is 4.39 Å². The second-order valence-corrected chi connectivity index (χ2v) is 8.87. The van der Waals surface area contributed by atoms with Crippen LogP contribution in [0.1, 0.15) is 33.1 Å². The van der Waals surface area contributed by atoms with Gasteiger partial charge in [0.05, 0.1) is 18.4 Å². The molecule has 8 heteroatoms. The minimum Gasteiger partial charge on any atom is -0.494 e. The molecular weight excluding hydrogens is 417 g/mol. The molecule has 1 fully saturated rings. The highest BCUT2D eigenvalue weighted by molar-refractivity contribution is 7.20. The number of carbonyl (C=O) groups excluding carboxylic acids is 2. The Bertz CT molecular complexity index is 1140. The highest BCUT2D eigenvalue weighted by Crippen LogP contribution is 2.40.